The third kappa shape index (κ3) is 2.27. The van der Waals surface area contributed by atoms with Crippen molar-refractivity contribution >= 4 is 17.7 Å². The number of fused-ring (bicyclic) bond motifs is 1. The Balaban J connectivity index is 0.000000531. The highest BCUT2D eigenvalue weighted by molar-refractivity contribution is 5.92. The lowest BCUT2D eigenvalue weighted by Gasteiger charge is -2.04. The molecule has 0 saturated heterocycles. The van der Waals surface area contributed by atoms with Crippen LogP contribution in [0.3, 0.4) is 0 Å². The number of benzene rings is 1. The third-order valence-electron chi connectivity index (χ3n) is 2.26. The largest absolute Gasteiger partial charge is 0.0911 e. The predicted octanol–water partition coefficient (Wildman–Crippen LogP) is 4.79. The van der Waals surface area contributed by atoms with Crippen LogP contribution in [0.2, 0.25) is 0 Å². The maximum absolute atomic E-state index is 4.02. The average molecular weight is 198 g/mol. The molecule has 0 bridgehead atoms. The Morgan fingerprint density at radius 3 is 2.53 bits per heavy atom. The first-order chi connectivity index (χ1) is 7.33. The summed E-state index contributed by atoms with van der Waals surface area (Å²) in [4.78, 5) is 0. The maximum atomic E-state index is 4.02. The molecule has 0 aliphatic heterocycles. The summed E-state index contributed by atoms with van der Waals surface area (Å²) in [6.07, 6.45) is 8.36. The van der Waals surface area contributed by atoms with E-state index in [-0.39, 0.29) is 0 Å². The summed E-state index contributed by atoms with van der Waals surface area (Å²) in [5.74, 6) is 0. The molecule has 0 atom stereocenters. The lowest BCUT2D eigenvalue weighted by Crippen LogP contribution is -1.85. The average Bonchev–Trinajstić information content (AvgIpc) is 2.65. The Bertz CT molecular complexity index is 406. The molecule has 2 rings (SSSR count). The summed E-state index contributed by atoms with van der Waals surface area (Å²) in [6.45, 7) is 10.0. The van der Waals surface area contributed by atoms with Gasteiger partial charge in [-0.1, -0.05) is 62.9 Å². The molecule has 0 unspecified atom stereocenters. The fraction of sp³-hybridized carbons (Fsp3) is 0.200. The van der Waals surface area contributed by atoms with Crippen LogP contribution < -0.4 is 0 Å². The van der Waals surface area contributed by atoms with Gasteiger partial charge in [-0.05, 0) is 29.2 Å². The third-order valence-corrected chi connectivity index (χ3v) is 2.26. The van der Waals surface area contributed by atoms with E-state index < -0.39 is 0 Å². The minimum absolute atomic E-state index is 1.11. The molecule has 0 saturated carbocycles. The standard InChI is InChI=1S/C13H12.C2H6/c1-3-5-11-6-4-7-12-9-8-10(2)13(11)12;1-2/h3-9H,2H2,1H3;1-2H3/b5-3-;. The van der Waals surface area contributed by atoms with Gasteiger partial charge >= 0.3 is 0 Å². The summed E-state index contributed by atoms with van der Waals surface area (Å²) in [5.41, 5.74) is 4.93. The highest BCUT2D eigenvalue weighted by atomic mass is 14.1. The highest BCUT2D eigenvalue weighted by Gasteiger charge is 2.10. The topological polar surface area (TPSA) is 0 Å². The van der Waals surface area contributed by atoms with Crippen molar-refractivity contribution in [1.29, 1.82) is 0 Å². The fourth-order valence-electron chi connectivity index (χ4n) is 1.69. The van der Waals surface area contributed by atoms with Gasteiger partial charge in [-0.15, -0.1) is 0 Å². The van der Waals surface area contributed by atoms with Crippen molar-refractivity contribution in [3.05, 3.63) is 53.6 Å². The second-order valence-corrected chi connectivity index (χ2v) is 3.17. The Labute approximate surface area is 92.6 Å². The first-order valence-corrected chi connectivity index (χ1v) is 5.46. The van der Waals surface area contributed by atoms with Crippen LogP contribution in [0.15, 0.2) is 36.9 Å². The van der Waals surface area contributed by atoms with Crippen molar-refractivity contribution in [2.24, 2.45) is 0 Å². The van der Waals surface area contributed by atoms with Gasteiger partial charge in [-0.3, -0.25) is 0 Å². The maximum Gasteiger partial charge on any atom is -0.00449 e. The Kier molecular flexibility index (Phi) is 4.11. The smallest absolute Gasteiger partial charge is 0.00449 e. The van der Waals surface area contributed by atoms with Crippen LogP contribution in [0.5, 0.6) is 0 Å². The Morgan fingerprint density at radius 1 is 1.13 bits per heavy atom. The van der Waals surface area contributed by atoms with Crippen LogP contribution in [0.25, 0.3) is 17.7 Å². The van der Waals surface area contributed by atoms with E-state index >= 15 is 0 Å². The second kappa shape index (κ2) is 5.35. The zero-order valence-corrected chi connectivity index (χ0v) is 9.75. The molecule has 15 heavy (non-hydrogen) atoms. The monoisotopic (exact) mass is 198 g/mol. The number of rotatable bonds is 1. The van der Waals surface area contributed by atoms with E-state index in [9.17, 15) is 0 Å². The van der Waals surface area contributed by atoms with Gasteiger partial charge in [-0.2, -0.15) is 0 Å². The van der Waals surface area contributed by atoms with Crippen molar-refractivity contribution in [2.45, 2.75) is 20.8 Å². The molecule has 0 N–H and O–H groups in total. The molecule has 0 fully saturated rings. The van der Waals surface area contributed by atoms with Gasteiger partial charge < -0.3 is 0 Å². The van der Waals surface area contributed by atoms with E-state index in [0.29, 0.717) is 0 Å². The molecule has 1 aliphatic rings. The van der Waals surface area contributed by atoms with Crippen molar-refractivity contribution in [3.63, 3.8) is 0 Å². The molecule has 0 nitrogen and oxygen atoms in total. The number of allylic oxidation sites excluding steroid dienone is 3. The minimum atomic E-state index is 1.11. The van der Waals surface area contributed by atoms with Gasteiger partial charge in [-0.25, -0.2) is 0 Å². The molecule has 0 spiro atoms. The first-order valence-electron chi connectivity index (χ1n) is 5.46. The fourth-order valence-corrected chi connectivity index (χ4v) is 1.69. The van der Waals surface area contributed by atoms with E-state index in [2.05, 4.69) is 49.1 Å². The SMILES string of the molecule is C=C1C=Cc2cccc(/C=C\C)c21.CC. The lowest BCUT2D eigenvalue weighted by atomic mass is 10.00. The van der Waals surface area contributed by atoms with Crippen LogP contribution in [-0.2, 0) is 0 Å². The van der Waals surface area contributed by atoms with Crippen molar-refractivity contribution in [2.75, 3.05) is 0 Å². The van der Waals surface area contributed by atoms with Gasteiger partial charge in [0.25, 0.3) is 0 Å². The molecule has 0 heteroatoms. The molecular formula is C15H18. The first kappa shape index (κ1) is 11.5. The van der Waals surface area contributed by atoms with Crippen LogP contribution >= 0.6 is 0 Å². The molecule has 0 radical (unpaired) electrons. The van der Waals surface area contributed by atoms with Gasteiger partial charge in [0, 0.05) is 0 Å². The Morgan fingerprint density at radius 2 is 1.87 bits per heavy atom. The molecule has 1 aliphatic carbocycles. The van der Waals surface area contributed by atoms with E-state index in [4.69, 9.17) is 0 Å². The van der Waals surface area contributed by atoms with Gasteiger partial charge in [0.15, 0.2) is 0 Å². The van der Waals surface area contributed by atoms with Crippen molar-refractivity contribution in [3.8, 4) is 0 Å². The van der Waals surface area contributed by atoms with Crippen molar-refractivity contribution in [1.82, 2.24) is 0 Å². The van der Waals surface area contributed by atoms with Crippen LogP contribution in [0.1, 0.15) is 37.5 Å². The van der Waals surface area contributed by atoms with Gasteiger partial charge in [0.2, 0.25) is 0 Å². The minimum Gasteiger partial charge on any atom is -0.0911 e. The molecule has 0 amide bonds. The van der Waals surface area contributed by atoms with E-state index in [1.165, 1.54) is 16.7 Å². The van der Waals surface area contributed by atoms with Gasteiger partial charge in [0.05, 0.1) is 0 Å². The Hall–Kier alpha value is -1.56. The molecular weight excluding hydrogens is 180 g/mol. The number of hydrogen-bond donors (Lipinski definition) is 0. The summed E-state index contributed by atoms with van der Waals surface area (Å²) < 4.78 is 0. The molecule has 1 aromatic carbocycles. The molecule has 1 aromatic rings. The molecule has 78 valence electrons. The summed E-state index contributed by atoms with van der Waals surface area (Å²) >= 11 is 0. The van der Waals surface area contributed by atoms with Crippen LogP contribution in [0, 0.1) is 0 Å². The van der Waals surface area contributed by atoms with E-state index in [0.717, 1.165) is 5.57 Å². The van der Waals surface area contributed by atoms with E-state index in [1.54, 1.807) is 0 Å². The van der Waals surface area contributed by atoms with Crippen molar-refractivity contribution < 1.29 is 0 Å². The zero-order valence-electron chi connectivity index (χ0n) is 9.75. The summed E-state index contributed by atoms with van der Waals surface area (Å²) in [6, 6.07) is 6.32. The molecule has 0 heterocycles. The molecule has 0 aromatic heterocycles. The van der Waals surface area contributed by atoms with Gasteiger partial charge in [0.1, 0.15) is 0 Å². The predicted molar refractivity (Wildman–Crippen MR) is 70.6 cm³/mol. The summed E-state index contributed by atoms with van der Waals surface area (Å²) in [7, 11) is 0. The lowest BCUT2D eigenvalue weighted by molar-refractivity contribution is 1.50. The van der Waals surface area contributed by atoms with Crippen LogP contribution in [0.4, 0.5) is 0 Å². The van der Waals surface area contributed by atoms with E-state index in [1.807, 2.05) is 20.8 Å². The zero-order chi connectivity index (χ0) is 11.3. The highest BCUT2D eigenvalue weighted by Crippen LogP contribution is 2.31. The normalized spacial score (nSPS) is 12.6. The van der Waals surface area contributed by atoms with Crippen LogP contribution in [-0.4, -0.2) is 0 Å². The summed E-state index contributed by atoms with van der Waals surface area (Å²) in [5, 5.41) is 0. The number of hydrogen-bond acceptors (Lipinski definition) is 0. The quantitative estimate of drug-likeness (QED) is 0.609. The second-order valence-electron chi connectivity index (χ2n) is 3.17.